The van der Waals surface area contributed by atoms with Crippen molar-refractivity contribution in [1.29, 1.82) is 0 Å². The van der Waals surface area contributed by atoms with E-state index in [9.17, 15) is 4.79 Å². The van der Waals surface area contributed by atoms with Crippen molar-refractivity contribution >= 4 is 5.91 Å². The van der Waals surface area contributed by atoms with Crippen LogP contribution in [0.2, 0.25) is 0 Å². The monoisotopic (exact) mass is 275 g/mol. The third kappa shape index (κ3) is 4.32. The van der Waals surface area contributed by atoms with E-state index in [0.29, 0.717) is 12.3 Å². The van der Waals surface area contributed by atoms with Crippen LogP contribution in [0.15, 0.2) is 24.3 Å². The standard InChI is InChI=1S/C16H25N3O/c1-13-4-6-14(7-5-13)15-8-11-19(12-9-15)10-2-3-16(20)18-17/h4-7,15H,2-3,8-12,17H2,1H3,(H,18,20). The van der Waals surface area contributed by atoms with Gasteiger partial charge in [0.25, 0.3) is 0 Å². The van der Waals surface area contributed by atoms with Crippen molar-refractivity contribution in [3.05, 3.63) is 35.4 Å². The fourth-order valence-corrected chi connectivity index (χ4v) is 2.86. The van der Waals surface area contributed by atoms with Gasteiger partial charge in [0, 0.05) is 6.42 Å². The number of aryl methyl sites for hydroxylation is 1. The molecule has 1 heterocycles. The topological polar surface area (TPSA) is 58.4 Å². The zero-order valence-corrected chi connectivity index (χ0v) is 12.3. The molecule has 1 amide bonds. The van der Waals surface area contributed by atoms with Gasteiger partial charge in [-0.2, -0.15) is 0 Å². The van der Waals surface area contributed by atoms with E-state index >= 15 is 0 Å². The van der Waals surface area contributed by atoms with E-state index in [1.165, 1.54) is 24.0 Å². The summed E-state index contributed by atoms with van der Waals surface area (Å²) in [7, 11) is 0. The number of nitrogens with zero attached hydrogens (tertiary/aromatic N) is 1. The lowest BCUT2D eigenvalue weighted by atomic mass is 9.89. The summed E-state index contributed by atoms with van der Waals surface area (Å²) in [6.07, 6.45) is 3.84. The number of hydrogen-bond acceptors (Lipinski definition) is 3. The minimum absolute atomic E-state index is 0.0699. The first-order chi connectivity index (χ1) is 9.69. The van der Waals surface area contributed by atoms with Gasteiger partial charge in [0.1, 0.15) is 0 Å². The number of likely N-dealkylation sites (tertiary alicyclic amines) is 1. The molecular formula is C16H25N3O. The van der Waals surface area contributed by atoms with Gasteiger partial charge >= 0.3 is 0 Å². The van der Waals surface area contributed by atoms with Crippen LogP contribution in [0.3, 0.4) is 0 Å². The maximum atomic E-state index is 11.1. The van der Waals surface area contributed by atoms with E-state index in [2.05, 4.69) is 41.5 Å². The van der Waals surface area contributed by atoms with Crippen LogP contribution in [0.25, 0.3) is 0 Å². The van der Waals surface area contributed by atoms with E-state index < -0.39 is 0 Å². The molecule has 0 atom stereocenters. The molecule has 0 aromatic heterocycles. The van der Waals surface area contributed by atoms with Gasteiger partial charge in [-0.1, -0.05) is 29.8 Å². The third-order valence-corrected chi connectivity index (χ3v) is 4.18. The zero-order valence-electron chi connectivity index (χ0n) is 12.3. The van der Waals surface area contributed by atoms with Crippen LogP contribution in [-0.2, 0) is 4.79 Å². The molecule has 1 aromatic rings. The Bertz CT molecular complexity index is 422. The first kappa shape index (κ1) is 15.0. The molecule has 4 heteroatoms. The minimum Gasteiger partial charge on any atom is -0.303 e. The molecule has 1 aliphatic rings. The lowest BCUT2D eigenvalue weighted by Crippen LogP contribution is -2.35. The lowest BCUT2D eigenvalue weighted by Gasteiger charge is -2.32. The lowest BCUT2D eigenvalue weighted by molar-refractivity contribution is -0.121. The molecule has 0 spiro atoms. The Morgan fingerprint density at radius 3 is 2.55 bits per heavy atom. The summed E-state index contributed by atoms with van der Waals surface area (Å²) in [5.74, 6) is 5.70. The van der Waals surface area contributed by atoms with Crippen molar-refractivity contribution in [3.8, 4) is 0 Å². The highest BCUT2D eigenvalue weighted by atomic mass is 16.2. The predicted octanol–water partition coefficient (Wildman–Crippen LogP) is 1.94. The zero-order chi connectivity index (χ0) is 14.4. The van der Waals surface area contributed by atoms with E-state index in [4.69, 9.17) is 5.84 Å². The van der Waals surface area contributed by atoms with Crippen LogP contribution in [-0.4, -0.2) is 30.4 Å². The second-order valence-corrected chi connectivity index (χ2v) is 5.70. The molecule has 0 saturated carbocycles. The fraction of sp³-hybridized carbons (Fsp3) is 0.562. The Balaban J connectivity index is 1.72. The summed E-state index contributed by atoms with van der Waals surface area (Å²) in [5.41, 5.74) is 4.97. The number of amides is 1. The normalized spacial score (nSPS) is 17.1. The molecule has 1 fully saturated rings. The molecule has 0 unspecified atom stereocenters. The number of hydrogen-bond donors (Lipinski definition) is 2. The van der Waals surface area contributed by atoms with Crippen molar-refractivity contribution in [2.75, 3.05) is 19.6 Å². The Labute approximate surface area is 121 Å². The molecular weight excluding hydrogens is 250 g/mol. The summed E-state index contributed by atoms with van der Waals surface area (Å²) < 4.78 is 0. The average molecular weight is 275 g/mol. The van der Waals surface area contributed by atoms with Crippen LogP contribution in [0.4, 0.5) is 0 Å². The largest absolute Gasteiger partial charge is 0.303 e. The van der Waals surface area contributed by atoms with Gasteiger partial charge in [-0.3, -0.25) is 10.2 Å². The summed E-state index contributed by atoms with van der Waals surface area (Å²) in [6.45, 7) is 5.38. The Morgan fingerprint density at radius 2 is 1.95 bits per heavy atom. The average Bonchev–Trinajstić information content (AvgIpc) is 2.48. The number of piperidine rings is 1. The van der Waals surface area contributed by atoms with E-state index in [0.717, 1.165) is 26.1 Å². The first-order valence-electron chi connectivity index (χ1n) is 7.47. The van der Waals surface area contributed by atoms with Crippen molar-refractivity contribution in [3.63, 3.8) is 0 Å². The van der Waals surface area contributed by atoms with Gasteiger partial charge in [-0.15, -0.1) is 0 Å². The second-order valence-electron chi connectivity index (χ2n) is 5.70. The van der Waals surface area contributed by atoms with E-state index in [1.807, 2.05) is 0 Å². The summed E-state index contributed by atoms with van der Waals surface area (Å²) in [6, 6.07) is 8.93. The highest BCUT2D eigenvalue weighted by molar-refractivity contribution is 5.75. The van der Waals surface area contributed by atoms with Crippen LogP contribution < -0.4 is 11.3 Å². The summed E-state index contributed by atoms with van der Waals surface area (Å²) in [5, 5.41) is 0. The minimum atomic E-state index is -0.0699. The van der Waals surface area contributed by atoms with Gasteiger partial charge in [0.15, 0.2) is 0 Å². The molecule has 0 radical (unpaired) electrons. The van der Waals surface area contributed by atoms with E-state index in [1.54, 1.807) is 0 Å². The molecule has 0 aliphatic carbocycles. The van der Waals surface area contributed by atoms with Gasteiger partial charge in [-0.05, 0) is 57.3 Å². The third-order valence-electron chi connectivity index (χ3n) is 4.18. The molecule has 1 aromatic carbocycles. The number of carbonyl (C=O) groups excluding carboxylic acids is 1. The summed E-state index contributed by atoms with van der Waals surface area (Å²) >= 11 is 0. The Morgan fingerprint density at radius 1 is 1.30 bits per heavy atom. The smallest absolute Gasteiger partial charge is 0.233 e. The Kier molecular flexibility index (Phi) is 5.56. The number of benzene rings is 1. The predicted molar refractivity (Wildman–Crippen MR) is 81.2 cm³/mol. The molecule has 20 heavy (non-hydrogen) atoms. The van der Waals surface area contributed by atoms with Gasteiger partial charge < -0.3 is 4.90 Å². The molecule has 1 saturated heterocycles. The van der Waals surface area contributed by atoms with Gasteiger partial charge in [-0.25, -0.2) is 5.84 Å². The molecule has 1 aliphatic heterocycles. The number of nitrogens with two attached hydrogens (primary N) is 1. The Hall–Kier alpha value is -1.39. The number of carbonyl (C=O) groups is 1. The second kappa shape index (κ2) is 7.41. The van der Waals surface area contributed by atoms with Crippen LogP contribution in [0.5, 0.6) is 0 Å². The summed E-state index contributed by atoms with van der Waals surface area (Å²) in [4.78, 5) is 13.5. The quantitative estimate of drug-likeness (QED) is 0.490. The fourth-order valence-electron chi connectivity index (χ4n) is 2.86. The number of nitrogens with one attached hydrogen (secondary N) is 1. The maximum Gasteiger partial charge on any atom is 0.233 e. The number of hydrazine groups is 1. The van der Waals surface area contributed by atoms with Crippen LogP contribution in [0.1, 0.15) is 42.7 Å². The maximum absolute atomic E-state index is 11.1. The van der Waals surface area contributed by atoms with Gasteiger partial charge in [0.2, 0.25) is 5.91 Å². The highest BCUT2D eigenvalue weighted by Crippen LogP contribution is 2.28. The van der Waals surface area contributed by atoms with Crippen molar-refractivity contribution < 1.29 is 4.79 Å². The van der Waals surface area contributed by atoms with Crippen LogP contribution in [0, 0.1) is 6.92 Å². The number of rotatable bonds is 5. The van der Waals surface area contributed by atoms with Gasteiger partial charge in [0.05, 0.1) is 0 Å². The molecule has 4 nitrogen and oxygen atoms in total. The van der Waals surface area contributed by atoms with Crippen molar-refractivity contribution in [2.24, 2.45) is 5.84 Å². The SMILES string of the molecule is Cc1ccc(C2CCN(CCCC(=O)NN)CC2)cc1. The van der Waals surface area contributed by atoms with Crippen molar-refractivity contribution in [2.45, 2.75) is 38.5 Å². The highest BCUT2D eigenvalue weighted by Gasteiger charge is 2.20. The molecule has 3 N–H and O–H groups in total. The molecule has 2 rings (SSSR count). The molecule has 110 valence electrons. The van der Waals surface area contributed by atoms with Crippen molar-refractivity contribution in [1.82, 2.24) is 10.3 Å². The first-order valence-corrected chi connectivity index (χ1v) is 7.47. The van der Waals surface area contributed by atoms with E-state index in [-0.39, 0.29) is 5.91 Å². The van der Waals surface area contributed by atoms with Crippen LogP contribution >= 0.6 is 0 Å². The molecule has 0 bridgehead atoms.